The van der Waals surface area contributed by atoms with Crippen molar-refractivity contribution in [3.63, 3.8) is 0 Å². The van der Waals surface area contributed by atoms with Gasteiger partial charge in [0.2, 0.25) is 0 Å². The first-order valence-corrected chi connectivity index (χ1v) is 8.37. The van der Waals surface area contributed by atoms with Crippen molar-refractivity contribution in [2.24, 2.45) is 0 Å². The van der Waals surface area contributed by atoms with E-state index in [1.54, 1.807) is 37.3 Å². The zero-order chi connectivity index (χ0) is 20.7. The molecule has 0 saturated heterocycles. The van der Waals surface area contributed by atoms with Crippen molar-refractivity contribution in [1.82, 2.24) is 0 Å². The number of amides is 1. The lowest BCUT2D eigenvalue weighted by molar-refractivity contribution is -0.385. The van der Waals surface area contributed by atoms with Crippen LogP contribution in [0.15, 0.2) is 42.5 Å². The molecule has 2 aromatic carbocycles. The Kier molecular flexibility index (Phi) is 6.91. The fourth-order valence-corrected chi connectivity index (χ4v) is 2.39. The number of esters is 1. The quantitative estimate of drug-likeness (QED) is 0.389. The molecular formula is C19H20N2O7. The average Bonchev–Trinajstić information content (AvgIpc) is 2.71. The van der Waals surface area contributed by atoms with Crippen LogP contribution in [-0.4, -0.2) is 44.2 Å². The van der Waals surface area contributed by atoms with Crippen LogP contribution in [0.1, 0.15) is 17.3 Å². The Hall–Kier alpha value is -3.62. The van der Waals surface area contributed by atoms with Crippen molar-refractivity contribution < 1.29 is 28.7 Å². The van der Waals surface area contributed by atoms with E-state index in [0.29, 0.717) is 5.69 Å². The van der Waals surface area contributed by atoms with Crippen LogP contribution >= 0.6 is 0 Å². The number of para-hydroxylation sites is 1. The molecule has 1 amide bonds. The molecule has 0 atom stereocenters. The molecule has 0 heterocycles. The smallest absolute Gasteiger partial charge is 0.345 e. The first-order valence-electron chi connectivity index (χ1n) is 8.37. The van der Waals surface area contributed by atoms with Gasteiger partial charge in [0.25, 0.3) is 11.6 Å². The van der Waals surface area contributed by atoms with E-state index in [-0.39, 0.29) is 23.7 Å². The fraction of sp³-hybridized carbons (Fsp3) is 0.263. The second-order valence-electron chi connectivity index (χ2n) is 5.57. The first kappa shape index (κ1) is 20.7. The number of hydrogen-bond acceptors (Lipinski definition) is 7. The summed E-state index contributed by atoms with van der Waals surface area (Å²) >= 11 is 0. The highest BCUT2D eigenvalue weighted by molar-refractivity contribution is 5.98. The Bertz CT molecular complexity index is 868. The number of carbonyl (C=O) groups excluding carboxylic acids is 2. The van der Waals surface area contributed by atoms with Gasteiger partial charge in [0.1, 0.15) is 5.56 Å². The van der Waals surface area contributed by atoms with Crippen LogP contribution in [0.5, 0.6) is 11.5 Å². The number of nitro groups is 1. The van der Waals surface area contributed by atoms with E-state index in [2.05, 4.69) is 0 Å². The van der Waals surface area contributed by atoms with Crippen LogP contribution in [-0.2, 0) is 9.53 Å². The van der Waals surface area contributed by atoms with Crippen molar-refractivity contribution in [3.8, 4) is 11.5 Å². The molecule has 148 valence electrons. The third-order valence-corrected chi connectivity index (χ3v) is 3.84. The minimum Gasteiger partial charge on any atom is -0.493 e. The highest BCUT2D eigenvalue weighted by Crippen LogP contribution is 2.35. The highest BCUT2D eigenvalue weighted by atomic mass is 16.6. The molecule has 0 radical (unpaired) electrons. The largest absolute Gasteiger partial charge is 0.493 e. The van der Waals surface area contributed by atoms with Gasteiger partial charge in [-0.2, -0.15) is 0 Å². The Morgan fingerprint density at radius 2 is 1.82 bits per heavy atom. The standard InChI is InChI=1S/C19H20N2O7/c1-4-27-17-10-14(15(21(24)25)11-16(17)26-3)19(23)28-12-18(22)20(2)13-8-6-5-7-9-13/h5-11H,4,12H2,1-3H3. The number of nitrogens with zero attached hydrogens (tertiary/aromatic N) is 2. The van der Waals surface area contributed by atoms with Crippen LogP contribution < -0.4 is 14.4 Å². The van der Waals surface area contributed by atoms with Gasteiger partial charge >= 0.3 is 5.97 Å². The molecule has 9 heteroatoms. The maximum Gasteiger partial charge on any atom is 0.345 e. The van der Waals surface area contributed by atoms with E-state index in [4.69, 9.17) is 14.2 Å². The number of likely N-dealkylation sites (N-methyl/N-ethyl adjacent to an activating group) is 1. The third kappa shape index (κ3) is 4.76. The van der Waals surface area contributed by atoms with Crippen molar-refractivity contribution in [1.29, 1.82) is 0 Å². The van der Waals surface area contributed by atoms with Gasteiger partial charge in [0.15, 0.2) is 18.1 Å². The van der Waals surface area contributed by atoms with E-state index in [1.165, 1.54) is 25.1 Å². The van der Waals surface area contributed by atoms with Crippen molar-refractivity contribution in [2.75, 3.05) is 32.3 Å². The number of hydrogen-bond donors (Lipinski definition) is 0. The lowest BCUT2D eigenvalue weighted by Gasteiger charge is -2.17. The SMILES string of the molecule is CCOc1cc(C(=O)OCC(=O)N(C)c2ccccc2)c([N+](=O)[O-])cc1OC. The molecule has 0 aliphatic rings. The zero-order valence-electron chi connectivity index (χ0n) is 15.7. The van der Waals surface area contributed by atoms with Gasteiger partial charge in [-0.25, -0.2) is 4.79 Å². The minimum atomic E-state index is -1.01. The minimum absolute atomic E-state index is 0.116. The van der Waals surface area contributed by atoms with Gasteiger partial charge in [0.05, 0.1) is 24.7 Å². The van der Waals surface area contributed by atoms with E-state index < -0.39 is 29.1 Å². The summed E-state index contributed by atoms with van der Waals surface area (Å²) in [5, 5.41) is 11.3. The monoisotopic (exact) mass is 388 g/mol. The van der Waals surface area contributed by atoms with Gasteiger partial charge in [-0.05, 0) is 19.1 Å². The van der Waals surface area contributed by atoms with Crippen LogP contribution in [0.25, 0.3) is 0 Å². The van der Waals surface area contributed by atoms with Gasteiger partial charge in [-0.3, -0.25) is 14.9 Å². The van der Waals surface area contributed by atoms with Crippen molar-refractivity contribution in [3.05, 3.63) is 58.1 Å². The highest BCUT2D eigenvalue weighted by Gasteiger charge is 2.26. The fourth-order valence-electron chi connectivity index (χ4n) is 2.39. The number of benzene rings is 2. The summed E-state index contributed by atoms with van der Waals surface area (Å²) in [5.41, 5.74) is -0.212. The van der Waals surface area contributed by atoms with E-state index in [1.807, 2.05) is 0 Å². The molecule has 28 heavy (non-hydrogen) atoms. The second-order valence-corrected chi connectivity index (χ2v) is 5.57. The second kappa shape index (κ2) is 9.36. The summed E-state index contributed by atoms with van der Waals surface area (Å²) in [5.74, 6) is -1.22. The van der Waals surface area contributed by atoms with Crippen molar-refractivity contribution >= 4 is 23.3 Å². The molecule has 0 aromatic heterocycles. The molecule has 0 bridgehead atoms. The number of anilines is 1. The van der Waals surface area contributed by atoms with E-state index in [9.17, 15) is 19.7 Å². The molecule has 2 rings (SSSR count). The van der Waals surface area contributed by atoms with Crippen LogP contribution in [0.4, 0.5) is 11.4 Å². The topological polar surface area (TPSA) is 108 Å². The van der Waals surface area contributed by atoms with Crippen LogP contribution in [0, 0.1) is 10.1 Å². The van der Waals surface area contributed by atoms with E-state index >= 15 is 0 Å². The molecule has 0 spiro atoms. The molecule has 0 aliphatic carbocycles. The van der Waals surface area contributed by atoms with Gasteiger partial charge in [-0.1, -0.05) is 18.2 Å². The van der Waals surface area contributed by atoms with Gasteiger partial charge in [0, 0.05) is 18.8 Å². The number of carbonyl (C=O) groups is 2. The maximum atomic E-state index is 12.4. The molecule has 2 aromatic rings. The molecular weight excluding hydrogens is 368 g/mol. The van der Waals surface area contributed by atoms with Crippen LogP contribution in [0.2, 0.25) is 0 Å². The molecule has 0 unspecified atom stereocenters. The molecule has 0 aliphatic heterocycles. The summed E-state index contributed by atoms with van der Waals surface area (Å²) < 4.78 is 15.4. The Morgan fingerprint density at radius 3 is 2.39 bits per heavy atom. The molecule has 0 fully saturated rings. The van der Waals surface area contributed by atoms with E-state index in [0.717, 1.165) is 6.07 Å². The summed E-state index contributed by atoms with van der Waals surface area (Å²) in [6, 6.07) is 11.0. The average molecular weight is 388 g/mol. The number of methoxy groups -OCH3 is 1. The summed E-state index contributed by atoms with van der Waals surface area (Å²) in [4.78, 5) is 36.5. The number of ether oxygens (including phenoxy) is 3. The predicted octanol–water partition coefficient (Wildman–Crippen LogP) is 2.82. The first-order chi connectivity index (χ1) is 13.4. The number of rotatable bonds is 8. The number of nitro benzene ring substituents is 1. The molecule has 9 nitrogen and oxygen atoms in total. The summed E-state index contributed by atoms with van der Waals surface area (Å²) in [7, 11) is 2.87. The summed E-state index contributed by atoms with van der Waals surface area (Å²) in [6.45, 7) is 1.41. The van der Waals surface area contributed by atoms with Crippen molar-refractivity contribution in [2.45, 2.75) is 6.92 Å². The lowest BCUT2D eigenvalue weighted by Crippen LogP contribution is -2.31. The predicted molar refractivity (Wildman–Crippen MR) is 101 cm³/mol. The van der Waals surface area contributed by atoms with Crippen LogP contribution in [0.3, 0.4) is 0 Å². The normalized spacial score (nSPS) is 10.1. The molecule has 0 saturated carbocycles. The lowest BCUT2D eigenvalue weighted by atomic mass is 10.1. The zero-order valence-corrected chi connectivity index (χ0v) is 15.7. The maximum absolute atomic E-state index is 12.4. The van der Waals surface area contributed by atoms with Gasteiger partial charge < -0.3 is 19.1 Å². The Labute approximate surface area is 161 Å². The van der Waals surface area contributed by atoms with Gasteiger partial charge in [-0.15, -0.1) is 0 Å². The third-order valence-electron chi connectivity index (χ3n) is 3.84. The molecule has 0 N–H and O–H groups in total. The Balaban J connectivity index is 2.19. The summed E-state index contributed by atoms with van der Waals surface area (Å²) in [6.07, 6.45) is 0. The Morgan fingerprint density at radius 1 is 1.14 bits per heavy atom.